The minimum Gasteiger partial charge on any atom is -0.450 e. The average Bonchev–Trinajstić information content (AvgIpc) is 2.83. The molecule has 0 unspecified atom stereocenters. The molecule has 4 rings (SSSR count). The number of piperidine rings is 1. The van der Waals surface area contributed by atoms with E-state index in [-0.39, 0.29) is 12.1 Å². The third-order valence-electron chi connectivity index (χ3n) is 6.79. The van der Waals surface area contributed by atoms with Crippen molar-refractivity contribution in [3.8, 4) is 0 Å². The molecule has 8 heteroatoms. The van der Waals surface area contributed by atoms with Crippen molar-refractivity contribution in [3.05, 3.63) is 42.0 Å². The van der Waals surface area contributed by atoms with E-state index in [1.54, 1.807) is 17.9 Å². The number of nitrogens with zero attached hydrogens (tertiary/aromatic N) is 1. The Bertz CT molecular complexity index is 1060. The monoisotopic (exact) mass is 473 g/mol. The fourth-order valence-electron chi connectivity index (χ4n) is 4.97. The van der Waals surface area contributed by atoms with Crippen molar-refractivity contribution in [2.24, 2.45) is 0 Å². The largest absolute Gasteiger partial charge is 0.450 e. The number of fused-ring (bicyclic) bond motifs is 1. The zero-order chi connectivity index (χ0) is 23.3. The maximum Gasteiger partial charge on any atom is 0.409 e. The lowest BCUT2D eigenvalue weighted by molar-refractivity contribution is 0.0966. The zero-order valence-electron chi connectivity index (χ0n) is 19.4. The molecular weight excluding hydrogens is 438 g/mol. The van der Waals surface area contributed by atoms with Gasteiger partial charge in [-0.05, 0) is 49.6 Å². The van der Waals surface area contributed by atoms with Gasteiger partial charge >= 0.3 is 6.09 Å². The van der Waals surface area contributed by atoms with Crippen molar-refractivity contribution in [2.75, 3.05) is 19.7 Å². The van der Waals surface area contributed by atoms with Crippen molar-refractivity contribution in [1.29, 1.82) is 0 Å². The molecule has 1 saturated heterocycles. The van der Waals surface area contributed by atoms with Gasteiger partial charge in [-0.2, -0.15) is 0 Å². The number of sulfonamides is 1. The van der Waals surface area contributed by atoms with Crippen molar-refractivity contribution in [1.82, 2.24) is 14.9 Å². The molecule has 1 saturated carbocycles. The number of amides is 1. The van der Waals surface area contributed by atoms with Gasteiger partial charge in [-0.15, -0.1) is 0 Å². The molecule has 7 nitrogen and oxygen atoms in total. The molecule has 2 aromatic carbocycles. The fraction of sp³-hybridized carbons (Fsp3) is 0.560. The topological polar surface area (TPSA) is 87.7 Å². The Labute approximate surface area is 196 Å². The van der Waals surface area contributed by atoms with Crippen LogP contribution in [0.1, 0.15) is 57.4 Å². The Balaban J connectivity index is 1.46. The molecular formula is C25H35N3O4S. The van der Waals surface area contributed by atoms with E-state index in [4.69, 9.17) is 4.74 Å². The first kappa shape index (κ1) is 24.0. The standard InChI is InChI=1S/C25H35N3O4S/c1-2-32-25(29)28-16-14-21(15-17-28)27-33(30,31)24-13-7-11-22-19(8-6-12-23(22)24)18-26-20-9-4-3-5-10-20/h6-8,11-13,20-21,26-27H,2-5,9-10,14-18H2,1H3. The SMILES string of the molecule is CCOC(=O)N1CCC(NS(=O)(=O)c2cccc3c(CNC4CCCCC4)cccc23)CC1. The molecule has 1 aliphatic carbocycles. The molecule has 0 spiro atoms. The van der Waals surface area contributed by atoms with Crippen LogP contribution in [0.2, 0.25) is 0 Å². The molecule has 2 aliphatic rings. The number of carbonyl (C=O) groups excluding carboxylic acids is 1. The van der Waals surface area contributed by atoms with Crippen molar-refractivity contribution >= 4 is 26.9 Å². The highest BCUT2D eigenvalue weighted by Gasteiger charge is 2.28. The molecule has 2 N–H and O–H groups in total. The normalized spacial score (nSPS) is 18.5. The number of carbonyl (C=O) groups is 1. The van der Waals surface area contributed by atoms with Gasteiger partial charge < -0.3 is 15.0 Å². The summed E-state index contributed by atoms with van der Waals surface area (Å²) in [6.07, 6.45) is 7.11. The van der Waals surface area contributed by atoms with Gasteiger partial charge in [0, 0.05) is 37.1 Å². The minimum atomic E-state index is -3.69. The Morgan fingerprint density at radius 1 is 0.970 bits per heavy atom. The van der Waals surface area contributed by atoms with Crippen LogP contribution in [0.15, 0.2) is 41.3 Å². The fourth-order valence-corrected chi connectivity index (χ4v) is 6.50. The third-order valence-corrected chi connectivity index (χ3v) is 8.37. The predicted molar refractivity (Wildman–Crippen MR) is 130 cm³/mol. The van der Waals surface area contributed by atoms with Crippen molar-refractivity contribution in [2.45, 2.75) is 75.4 Å². The smallest absolute Gasteiger partial charge is 0.409 e. The number of likely N-dealkylation sites (tertiary alicyclic amines) is 1. The molecule has 2 aromatic rings. The van der Waals surface area contributed by atoms with Gasteiger partial charge in [0.15, 0.2) is 0 Å². The van der Waals surface area contributed by atoms with E-state index in [1.165, 1.54) is 32.1 Å². The Hall–Kier alpha value is -2.16. The third kappa shape index (κ3) is 5.86. The summed E-state index contributed by atoms with van der Waals surface area (Å²) in [6, 6.07) is 11.8. The van der Waals surface area contributed by atoms with Crippen LogP contribution in [0.4, 0.5) is 4.79 Å². The molecule has 33 heavy (non-hydrogen) atoms. The van der Waals surface area contributed by atoms with Gasteiger partial charge in [0.25, 0.3) is 0 Å². The van der Waals surface area contributed by atoms with Crippen LogP contribution in [-0.4, -0.2) is 51.2 Å². The van der Waals surface area contributed by atoms with Crippen LogP contribution >= 0.6 is 0 Å². The number of benzene rings is 2. The molecule has 0 bridgehead atoms. The quantitative estimate of drug-likeness (QED) is 0.630. The van der Waals surface area contributed by atoms with Gasteiger partial charge in [-0.1, -0.05) is 49.6 Å². The van der Waals surface area contributed by atoms with Gasteiger partial charge in [-0.3, -0.25) is 0 Å². The Morgan fingerprint density at radius 3 is 2.39 bits per heavy atom. The number of ether oxygens (including phenoxy) is 1. The second-order valence-corrected chi connectivity index (χ2v) is 10.7. The summed E-state index contributed by atoms with van der Waals surface area (Å²) in [7, 11) is -3.69. The molecule has 2 fully saturated rings. The van der Waals surface area contributed by atoms with E-state index in [2.05, 4.69) is 16.1 Å². The van der Waals surface area contributed by atoms with Gasteiger partial charge in [-0.25, -0.2) is 17.9 Å². The van der Waals surface area contributed by atoms with Crippen LogP contribution in [0.3, 0.4) is 0 Å². The summed E-state index contributed by atoms with van der Waals surface area (Å²) in [6.45, 7) is 3.83. The van der Waals surface area contributed by atoms with Crippen molar-refractivity contribution in [3.63, 3.8) is 0 Å². The van der Waals surface area contributed by atoms with Gasteiger partial charge in [0.05, 0.1) is 11.5 Å². The van der Waals surface area contributed by atoms with E-state index < -0.39 is 10.0 Å². The average molecular weight is 474 g/mol. The van der Waals surface area contributed by atoms with E-state index in [9.17, 15) is 13.2 Å². The van der Waals surface area contributed by atoms with Gasteiger partial charge in [0.1, 0.15) is 0 Å². The molecule has 1 amide bonds. The Morgan fingerprint density at radius 2 is 1.67 bits per heavy atom. The van der Waals surface area contributed by atoms with Crippen LogP contribution in [-0.2, 0) is 21.3 Å². The zero-order valence-corrected chi connectivity index (χ0v) is 20.2. The lowest BCUT2D eigenvalue weighted by Crippen LogP contribution is -2.46. The molecule has 180 valence electrons. The predicted octanol–water partition coefficient (Wildman–Crippen LogP) is 4.16. The van der Waals surface area contributed by atoms with E-state index >= 15 is 0 Å². The van der Waals surface area contributed by atoms with E-state index in [1.807, 2.05) is 24.3 Å². The molecule has 0 aromatic heterocycles. The number of hydrogen-bond acceptors (Lipinski definition) is 5. The van der Waals surface area contributed by atoms with E-state index in [0.717, 1.165) is 22.9 Å². The van der Waals surface area contributed by atoms with Gasteiger partial charge in [0.2, 0.25) is 10.0 Å². The summed E-state index contributed by atoms with van der Waals surface area (Å²) in [5.74, 6) is 0. The summed E-state index contributed by atoms with van der Waals surface area (Å²) >= 11 is 0. The van der Waals surface area contributed by atoms with Crippen LogP contribution < -0.4 is 10.0 Å². The van der Waals surface area contributed by atoms with E-state index in [0.29, 0.717) is 43.5 Å². The highest BCUT2D eigenvalue weighted by Crippen LogP contribution is 2.27. The molecule has 0 radical (unpaired) electrons. The summed E-state index contributed by atoms with van der Waals surface area (Å²) in [5.41, 5.74) is 1.12. The first-order chi connectivity index (χ1) is 16.0. The number of nitrogens with one attached hydrogen (secondary N) is 2. The maximum absolute atomic E-state index is 13.3. The Kier molecular flexibility index (Phi) is 7.88. The van der Waals surface area contributed by atoms with Crippen LogP contribution in [0.5, 0.6) is 0 Å². The highest BCUT2D eigenvalue weighted by atomic mass is 32.2. The lowest BCUT2D eigenvalue weighted by atomic mass is 9.95. The minimum absolute atomic E-state index is 0.202. The lowest BCUT2D eigenvalue weighted by Gasteiger charge is -2.31. The number of rotatable bonds is 7. The van der Waals surface area contributed by atoms with Crippen molar-refractivity contribution < 1.29 is 17.9 Å². The summed E-state index contributed by atoms with van der Waals surface area (Å²) in [5, 5.41) is 5.39. The first-order valence-electron chi connectivity index (χ1n) is 12.2. The maximum atomic E-state index is 13.3. The molecule has 1 aliphatic heterocycles. The second-order valence-electron chi connectivity index (χ2n) is 9.07. The summed E-state index contributed by atoms with van der Waals surface area (Å²) in [4.78, 5) is 13.9. The first-order valence-corrected chi connectivity index (χ1v) is 13.6. The van der Waals surface area contributed by atoms with Crippen LogP contribution in [0, 0.1) is 0 Å². The molecule has 1 heterocycles. The molecule has 0 atom stereocenters. The van der Waals surface area contributed by atoms with Crippen LogP contribution in [0.25, 0.3) is 10.8 Å². The number of hydrogen-bond donors (Lipinski definition) is 2. The summed E-state index contributed by atoms with van der Waals surface area (Å²) < 4.78 is 34.6. The highest BCUT2D eigenvalue weighted by molar-refractivity contribution is 7.89. The second kappa shape index (κ2) is 10.8.